The SMILES string of the molecule is COc1cc(F)ccc1S(=O)(=O)NCCNc1nc(-c2cccs2)nc2cc(Cl)ccc12. The van der Waals surface area contributed by atoms with Crippen LogP contribution in [-0.2, 0) is 10.0 Å². The molecule has 11 heteroatoms. The van der Waals surface area contributed by atoms with E-state index in [2.05, 4.69) is 20.0 Å². The molecule has 166 valence electrons. The lowest BCUT2D eigenvalue weighted by atomic mass is 10.2. The van der Waals surface area contributed by atoms with Crippen LogP contribution < -0.4 is 14.8 Å². The second kappa shape index (κ2) is 9.37. The van der Waals surface area contributed by atoms with Gasteiger partial charge in [-0.3, -0.25) is 0 Å². The molecule has 4 aromatic rings. The van der Waals surface area contributed by atoms with Crippen molar-refractivity contribution in [1.29, 1.82) is 0 Å². The minimum absolute atomic E-state index is 0.0651. The van der Waals surface area contributed by atoms with Crippen LogP contribution in [0.1, 0.15) is 0 Å². The first kappa shape index (κ1) is 22.4. The molecule has 4 rings (SSSR count). The number of fused-ring (bicyclic) bond motifs is 1. The van der Waals surface area contributed by atoms with E-state index in [0.29, 0.717) is 22.2 Å². The highest BCUT2D eigenvalue weighted by molar-refractivity contribution is 7.89. The van der Waals surface area contributed by atoms with E-state index in [4.69, 9.17) is 16.3 Å². The fourth-order valence-corrected chi connectivity index (χ4v) is 5.07. The number of hydrogen-bond acceptors (Lipinski definition) is 7. The first-order valence-electron chi connectivity index (χ1n) is 9.45. The van der Waals surface area contributed by atoms with Crippen molar-refractivity contribution in [1.82, 2.24) is 14.7 Å². The number of ether oxygens (including phenoxy) is 1. The van der Waals surface area contributed by atoms with Gasteiger partial charge in [0.05, 0.1) is 17.5 Å². The van der Waals surface area contributed by atoms with Crippen LogP contribution in [0.3, 0.4) is 0 Å². The van der Waals surface area contributed by atoms with Crippen LogP contribution in [0, 0.1) is 5.82 Å². The van der Waals surface area contributed by atoms with Gasteiger partial charge in [-0.25, -0.2) is 27.5 Å². The molecule has 32 heavy (non-hydrogen) atoms. The number of nitrogens with zero attached hydrogens (tertiary/aromatic N) is 2. The molecule has 0 atom stereocenters. The van der Waals surface area contributed by atoms with E-state index in [1.807, 2.05) is 23.6 Å². The smallest absolute Gasteiger partial charge is 0.244 e. The van der Waals surface area contributed by atoms with Crippen LogP contribution >= 0.6 is 22.9 Å². The summed E-state index contributed by atoms with van der Waals surface area (Å²) < 4.78 is 46.1. The molecule has 2 N–H and O–H groups in total. The van der Waals surface area contributed by atoms with Gasteiger partial charge in [0.25, 0.3) is 0 Å². The van der Waals surface area contributed by atoms with E-state index in [0.717, 1.165) is 22.4 Å². The van der Waals surface area contributed by atoms with E-state index in [-0.39, 0.29) is 23.7 Å². The number of aromatic nitrogens is 2. The first-order chi connectivity index (χ1) is 15.4. The Kier molecular flexibility index (Phi) is 6.56. The Morgan fingerprint density at radius 2 is 1.97 bits per heavy atom. The van der Waals surface area contributed by atoms with Gasteiger partial charge in [-0.2, -0.15) is 0 Å². The minimum Gasteiger partial charge on any atom is -0.495 e. The first-order valence-corrected chi connectivity index (χ1v) is 12.2. The van der Waals surface area contributed by atoms with Crippen LogP contribution in [0.5, 0.6) is 5.75 Å². The van der Waals surface area contributed by atoms with Crippen LogP contribution in [0.2, 0.25) is 5.02 Å². The molecule has 0 aliphatic carbocycles. The molecule has 0 radical (unpaired) electrons. The lowest BCUT2D eigenvalue weighted by Gasteiger charge is -2.13. The number of benzene rings is 2. The summed E-state index contributed by atoms with van der Waals surface area (Å²) in [4.78, 5) is 9.97. The molecule has 0 spiro atoms. The van der Waals surface area contributed by atoms with Crippen molar-refractivity contribution in [3.63, 3.8) is 0 Å². The number of hydrogen-bond donors (Lipinski definition) is 2. The monoisotopic (exact) mass is 492 g/mol. The number of methoxy groups -OCH3 is 1. The van der Waals surface area contributed by atoms with Gasteiger partial charge in [0, 0.05) is 29.6 Å². The third kappa shape index (κ3) is 4.83. The lowest BCUT2D eigenvalue weighted by molar-refractivity contribution is 0.398. The number of rotatable bonds is 8. The second-order valence-electron chi connectivity index (χ2n) is 6.65. The second-order valence-corrected chi connectivity index (χ2v) is 9.77. The number of halogens is 2. The topological polar surface area (TPSA) is 93.2 Å². The molecule has 7 nitrogen and oxygen atoms in total. The van der Waals surface area contributed by atoms with Gasteiger partial charge < -0.3 is 10.1 Å². The summed E-state index contributed by atoms with van der Waals surface area (Å²) in [5, 5.41) is 6.42. The maximum atomic E-state index is 13.4. The van der Waals surface area contributed by atoms with E-state index in [1.165, 1.54) is 24.5 Å². The molecule has 2 aromatic carbocycles. The minimum atomic E-state index is -3.90. The molecule has 0 aliphatic rings. The Hall–Kier alpha value is -2.79. The summed E-state index contributed by atoms with van der Waals surface area (Å²) in [6, 6.07) is 12.4. The average Bonchev–Trinajstić information content (AvgIpc) is 3.31. The van der Waals surface area contributed by atoms with Gasteiger partial charge in [-0.1, -0.05) is 17.7 Å². The summed E-state index contributed by atoms with van der Waals surface area (Å²) >= 11 is 7.64. The highest BCUT2D eigenvalue weighted by atomic mass is 35.5. The Morgan fingerprint density at radius 3 is 2.72 bits per heavy atom. The van der Waals surface area contributed by atoms with Crippen molar-refractivity contribution in [3.8, 4) is 16.5 Å². The number of sulfonamides is 1. The van der Waals surface area contributed by atoms with Gasteiger partial charge in [0.15, 0.2) is 5.82 Å². The van der Waals surface area contributed by atoms with E-state index >= 15 is 0 Å². The molecule has 0 fully saturated rings. The van der Waals surface area contributed by atoms with Crippen LogP contribution in [-0.4, -0.2) is 38.6 Å². The summed E-state index contributed by atoms with van der Waals surface area (Å²) in [6.07, 6.45) is 0. The number of anilines is 1. The molecular weight excluding hydrogens is 475 g/mol. The molecular formula is C21H18ClFN4O3S2. The number of thiophene rings is 1. The van der Waals surface area contributed by atoms with Crippen molar-refractivity contribution >= 4 is 49.7 Å². The quantitative estimate of drug-likeness (QED) is 0.350. The van der Waals surface area contributed by atoms with Crippen LogP contribution in [0.15, 0.2) is 58.8 Å². The lowest BCUT2D eigenvalue weighted by Crippen LogP contribution is -2.29. The Morgan fingerprint density at radius 1 is 1.12 bits per heavy atom. The molecule has 0 bridgehead atoms. The maximum Gasteiger partial charge on any atom is 0.244 e. The third-order valence-electron chi connectivity index (χ3n) is 4.53. The van der Waals surface area contributed by atoms with Gasteiger partial charge >= 0.3 is 0 Å². The normalized spacial score (nSPS) is 11.6. The number of nitrogens with one attached hydrogen (secondary N) is 2. The zero-order valence-corrected chi connectivity index (χ0v) is 19.2. The fourth-order valence-electron chi connectivity index (χ4n) is 3.06. The summed E-state index contributed by atoms with van der Waals surface area (Å²) in [5.74, 6) is 0.465. The van der Waals surface area contributed by atoms with Gasteiger partial charge in [-0.15, -0.1) is 11.3 Å². The van der Waals surface area contributed by atoms with Crippen LogP contribution in [0.4, 0.5) is 10.2 Å². The molecule has 0 unspecified atom stereocenters. The standard InChI is InChI=1S/C21H18ClFN4O3S2/c1-30-17-12-14(23)5-7-19(17)32(28,29)25-9-8-24-20-15-6-4-13(22)11-16(15)26-21(27-20)18-3-2-10-31-18/h2-7,10-12,25H,8-9H2,1H3,(H,24,26,27). The highest BCUT2D eigenvalue weighted by Crippen LogP contribution is 2.29. The summed E-state index contributed by atoms with van der Waals surface area (Å²) in [7, 11) is -2.61. The third-order valence-corrected chi connectivity index (χ3v) is 7.13. The molecule has 0 aliphatic heterocycles. The largest absolute Gasteiger partial charge is 0.495 e. The van der Waals surface area contributed by atoms with Gasteiger partial charge in [0.2, 0.25) is 10.0 Å². The van der Waals surface area contributed by atoms with Gasteiger partial charge in [-0.05, 0) is 41.8 Å². The Bertz CT molecular complexity index is 1370. The molecule has 0 amide bonds. The average molecular weight is 493 g/mol. The molecule has 2 heterocycles. The maximum absolute atomic E-state index is 13.4. The molecule has 0 saturated carbocycles. The zero-order valence-electron chi connectivity index (χ0n) is 16.8. The Balaban J connectivity index is 1.52. The molecule has 0 saturated heterocycles. The van der Waals surface area contributed by atoms with Crippen LogP contribution in [0.25, 0.3) is 21.6 Å². The fraction of sp³-hybridized carbons (Fsp3) is 0.143. The van der Waals surface area contributed by atoms with Crippen molar-refractivity contribution in [3.05, 3.63) is 64.8 Å². The van der Waals surface area contributed by atoms with Gasteiger partial charge in [0.1, 0.15) is 22.3 Å². The van der Waals surface area contributed by atoms with Crippen molar-refractivity contribution in [2.45, 2.75) is 4.90 Å². The van der Waals surface area contributed by atoms with E-state index < -0.39 is 15.8 Å². The van der Waals surface area contributed by atoms with E-state index in [9.17, 15) is 12.8 Å². The zero-order chi connectivity index (χ0) is 22.7. The highest BCUT2D eigenvalue weighted by Gasteiger charge is 2.19. The van der Waals surface area contributed by atoms with Crippen molar-refractivity contribution in [2.24, 2.45) is 0 Å². The van der Waals surface area contributed by atoms with Crippen molar-refractivity contribution < 1.29 is 17.5 Å². The predicted octanol–water partition coefficient (Wildman–Crippen LogP) is 4.55. The Labute approximate surface area is 193 Å². The summed E-state index contributed by atoms with van der Waals surface area (Å²) in [6.45, 7) is 0.317. The molecule has 2 aromatic heterocycles. The summed E-state index contributed by atoms with van der Waals surface area (Å²) in [5.41, 5.74) is 0.676. The van der Waals surface area contributed by atoms with Crippen molar-refractivity contribution in [2.75, 3.05) is 25.5 Å². The van der Waals surface area contributed by atoms with E-state index in [1.54, 1.807) is 12.1 Å². The predicted molar refractivity (Wildman–Crippen MR) is 124 cm³/mol.